The number of nitrogens with one attached hydrogen (secondary N) is 1. The van der Waals surface area contributed by atoms with Gasteiger partial charge in [-0.2, -0.15) is 0 Å². The number of nitrogens with zero attached hydrogens (tertiary/aromatic N) is 1. The van der Waals surface area contributed by atoms with Crippen LogP contribution in [-0.4, -0.2) is 41.5 Å². The molecule has 2 unspecified atom stereocenters. The van der Waals surface area contributed by atoms with Gasteiger partial charge in [-0.25, -0.2) is 4.79 Å². The lowest BCUT2D eigenvalue weighted by Crippen LogP contribution is -2.65. The highest BCUT2D eigenvalue weighted by atomic mass is 35.5. The number of rotatable bonds is 9. The molecular weight excluding hydrogens is 476 g/mol. The third kappa shape index (κ3) is 6.07. The van der Waals surface area contributed by atoms with Crippen molar-refractivity contribution in [1.82, 2.24) is 10.2 Å². The van der Waals surface area contributed by atoms with Crippen molar-refractivity contribution in [2.75, 3.05) is 13.2 Å². The molecule has 7 heteroatoms. The van der Waals surface area contributed by atoms with Gasteiger partial charge in [-0.1, -0.05) is 90.5 Å². The summed E-state index contributed by atoms with van der Waals surface area (Å²) >= 11 is 6.62. The molecule has 6 nitrogen and oxygen atoms in total. The van der Waals surface area contributed by atoms with Gasteiger partial charge in [0.15, 0.2) is 12.7 Å². The number of halogens is 1. The van der Waals surface area contributed by atoms with Crippen molar-refractivity contribution in [3.05, 3.63) is 113 Å². The molecule has 0 radical (unpaired) electrons. The molecule has 1 amide bonds. The number of carbonyl (C=O) groups is 2. The zero-order chi connectivity index (χ0) is 25.5. The van der Waals surface area contributed by atoms with Gasteiger partial charge in [-0.15, -0.1) is 0 Å². The molecule has 0 aliphatic carbocycles. The van der Waals surface area contributed by atoms with E-state index in [-0.39, 0.29) is 18.6 Å². The van der Waals surface area contributed by atoms with E-state index in [1.165, 1.54) is 0 Å². The summed E-state index contributed by atoms with van der Waals surface area (Å²) in [5.74, 6) is -0.120. The Morgan fingerprint density at radius 2 is 1.44 bits per heavy atom. The Morgan fingerprint density at radius 1 is 0.917 bits per heavy atom. The molecule has 1 aliphatic rings. The van der Waals surface area contributed by atoms with E-state index in [0.29, 0.717) is 18.0 Å². The summed E-state index contributed by atoms with van der Waals surface area (Å²) < 4.78 is 11.5. The summed E-state index contributed by atoms with van der Waals surface area (Å²) in [5, 5.41) is 2.88. The van der Waals surface area contributed by atoms with Crippen molar-refractivity contribution < 1.29 is 19.1 Å². The number of esters is 1. The highest BCUT2D eigenvalue weighted by Gasteiger charge is 2.42. The number of hydrogen-bond donors (Lipinski definition) is 1. The van der Waals surface area contributed by atoms with Crippen LogP contribution in [0.5, 0.6) is 5.75 Å². The Kier molecular flexibility index (Phi) is 8.28. The average Bonchev–Trinajstić information content (AvgIpc) is 2.91. The standard InChI is InChI=1S/C29H29ClN2O4/c1-20(2)26(29(34)36-27(21-12-6-3-7-13-21)22-14-8-4-9-15-22)32-18-24(28(32)30)31-25(33)19-35-23-16-10-5-11-17-23/h3-17,24,27-28H,18-19H2,1-2H3,(H,31,33). The normalized spacial score (nSPS) is 16.6. The summed E-state index contributed by atoms with van der Waals surface area (Å²) in [7, 11) is 0. The molecule has 1 fully saturated rings. The van der Waals surface area contributed by atoms with E-state index in [9.17, 15) is 9.59 Å². The van der Waals surface area contributed by atoms with Crippen molar-refractivity contribution >= 4 is 23.5 Å². The number of para-hydroxylation sites is 1. The molecule has 186 valence electrons. The van der Waals surface area contributed by atoms with Crippen LogP contribution in [0.2, 0.25) is 0 Å². The van der Waals surface area contributed by atoms with Crippen molar-refractivity contribution in [3.63, 3.8) is 0 Å². The zero-order valence-corrected chi connectivity index (χ0v) is 21.0. The van der Waals surface area contributed by atoms with Gasteiger partial charge < -0.3 is 19.7 Å². The van der Waals surface area contributed by atoms with Crippen molar-refractivity contribution in [3.8, 4) is 5.75 Å². The predicted octanol–water partition coefficient (Wildman–Crippen LogP) is 5.06. The molecule has 36 heavy (non-hydrogen) atoms. The van der Waals surface area contributed by atoms with Gasteiger partial charge in [0.05, 0.1) is 6.04 Å². The summed E-state index contributed by atoms with van der Waals surface area (Å²) in [6.45, 7) is 3.97. The van der Waals surface area contributed by atoms with Crippen LogP contribution in [0.15, 0.2) is 102 Å². The first-order valence-corrected chi connectivity index (χ1v) is 12.2. The SMILES string of the molecule is CC(C)=C(C(=O)OC(c1ccccc1)c1ccccc1)N1CC(NC(=O)COc2ccccc2)C1Cl. The number of allylic oxidation sites excluding steroid dienone is 1. The minimum Gasteiger partial charge on any atom is -0.484 e. The largest absolute Gasteiger partial charge is 0.484 e. The molecule has 0 aromatic heterocycles. The number of likely N-dealkylation sites (tertiary alicyclic amines) is 1. The van der Waals surface area contributed by atoms with E-state index in [2.05, 4.69) is 5.32 Å². The quantitative estimate of drug-likeness (QED) is 0.191. The smallest absolute Gasteiger partial charge is 0.355 e. The summed E-state index contributed by atoms with van der Waals surface area (Å²) in [5.41, 5.74) is 2.34. The van der Waals surface area contributed by atoms with Crippen LogP contribution < -0.4 is 10.1 Å². The van der Waals surface area contributed by atoms with Gasteiger partial charge in [0.1, 0.15) is 16.9 Å². The zero-order valence-electron chi connectivity index (χ0n) is 20.3. The summed E-state index contributed by atoms with van der Waals surface area (Å²) in [6.07, 6.45) is -0.560. The maximum atomic E-state index is 13.4. The molecule has 1 aliphatic heterocycles. The van der Waals surface area contributed by atoms with E-state index < -0.39 is 17.6 Å². The predicted molar refractivity (Wildman–Crippen MR) is 139 cm³/mol. The second kappa shape index (κ2) is 11.8. The van der Waals surface area contributed by atoms with Crippen LogP contribution in [0.4, 0.5) is 0 Å². The molecule has 3 aromatic carbocycles. The number of amides is 1. The molecule has 2 atom stereocenters. The Labute approximate surface area is 216 Å². The lowest BCUT2D eigenvalue weighted by molar-refractivity contribution is -0.146. The molecule has 1 heterocycles. The van der Waals surface area contributed by atoms with Gasteiger partial charge in [0.25, 0.3) is 5.91 Å². The van der Waals surface area contributed by atoms with Gasteiger partial charge >= 0.3 is 5.97 Å². The highest BCUT2D eigenvalue weighted by Crippen LogP contribution is 2.32. The molecular formula is C29H29ClN2O4. The van der Waals surface area contributed by atoms with E-state index in [0.717, 1.165) is 16.7 Å². The third-order valence-corrected chi connectivity index (χ3v) is 6.41. The third-order valence-electron chi connectivity index (χ3n) is 5.87. The maximum Gasteiger partial charge on any atom is 0.355 e. The average molecular weight is 505 g/mol. The second-order valence-corrected chi connectivity index (χ2v) is 9.20. The topological polar surface area (TPSA) is 67.9 Å². The van der Waals surface area contributed by atoms with Crippen LogP contribution in [-0.2, 0) is 14.3 Å². The van der Waals surface area contributed by atoms with Crippen LogP contribution in [0, 0.1) is 0 Å². The minimum absolute atomic E-state index is 0.114. The minimum atomic E-state index is -0.588. The maximum absolute atomic E-state index is 13.4. The first-order valence-electron chi connectivity index (χ1n) is 11.8. The molecule has 0 saturated carbocycles. The number of ether oxygens (including phenoxy) is 2. The monoisotopic (exact) mass is 504 g/mol. The first kappa shape index (κ1) is 25.3. The number of carbonyl (C=O) groups excluding carboxylic acids is 2. The van der Waals surface area contributed by atoms with Crippen LogP contribution in [0.3, 0.4) is 0 Å². The fourth-order valence-electron chi connectivity index (χ4n) is 4.08. The lowest BCUT2D eigenvalue weighted by atomic mass is 10.0. The van der Waals surface area contributed by atoms with Crippen molar-refractivity contribution in [2.24, 2.45) is 0 Å². The van der Waals surface area contributed by atoms with Gasteiger partial charge in [0, 0.05) is 6.54 Å². The van der Waals surface area contributed by atoms with Crippen LogP contribution >= 0.6 is 11.6 Å². The van der Waals surface area contributed by atoms with Crippen LogP contribution in [0.1, 0.15) is 31.1 Å². The molecule has 0 spiro atoms. The Balaban J connectivity index is 1.40. The molecule has 3 aromatic rings. The van der Waals surface area contributed by atoms with Crippen molar-refractivity contribution in [2.45, 2.75) is 31.5 Å². The number of benzene rings is 3. The van der Waals surface area contributed by atoms with Gasteiger partial charge in [0.2, 0.25) is 0 Å². The molecule has 4 rings (SSSR count). The highest BCUT2D eigenvalue weighted by molar-refractivity contribution is 6.22. The molecule has 1 N–H and O–H groups in total. The van der Waals surface area contributed by atoms with E-state index in [1.54, 1.807) is 17.0 Å². The Morgan fingerprint density at radius 3 is 1.94 bits per heavy atom. The summed E-state index contributed by atoms with van der Waals surface area (Å²) in [6, 6.07) is 28.1. The van der Waals surface area contributed by atoms with Gasteiger partial charge in [-0.3, -0.25) is 4.79 Å². The summed E-state index contributed by atoms with van der Waals surface area (Å²) in [4.78, 5) is 27.5. The number of alkyl halides is 1. The first-order chi connectivity index (χ1) is 17.4. The Hall–Kier alpha value is -3.77. The fraction of sp³-hybridized carbons (Fsp3) is 0.241. The lowest BCUT2D eigenvalue weighted by Gasteiger charge is -2.47. The van der Waals surface area contributed by atoms with E-state index in [4.69, 9.17) is 21.1 Å². The second-order valence-electron chi connectivity index (χ2n) is 8.76. The molecule has 0 bridgehead atoms. The molecule has 1 saturated heterocycles. The van der Waals surface area contributed by atoms with Gasteiger partial charge in [-0.05, 0) is 42.7 Å². The Bertz CT molecular complexity index is 1160. The van der Waals surface area contributed by atoms with Crippen molar-refractivity contribution in [1.29, 1.82) is 0 Å². The number of hydrogen-bond acceptors (Lipinski definition) is 5. The van der Waals surface area contributed by atoms with Crippen LogP contribution in [0.25, 0.3) is 0 Å². The van der Waals surface area contributed by atoms with E-state index >= 15 is 0 Å². The van der Waals surface area contributed by atoms with E-state index in [1.807, 2.05) is 92.7 Å². The fourth-order valence-corrected chi connectivity index (χ4v) is 4.40.